The van der Waals surface area contributed by atoms with Crippen molar-refractivity contribution in [2.75, 3.05) is 13.6 Å². The van der Waals surface area contributed by atoms with Crippen LogP contribution in [0.1, 0.15) is 36.5 Å². The van der Waals surface area contributed by atoms with E-state index in [1.54, 1.807) is 11.1 Å². The van der Waals surface area contributed by atoms with E-state index in [0.29, 0.717) is 4.83 Å². The molecule has 1 aliphatic carbocycles. The molecule has 0 saturated heterocycles. The lowest BCUT2D eigenvalue weighted by atomic mass is 10.1. The molecule has 1 atom stereocenters. The predicted octanol–water partition coefficient (Wildman–Crippen LogP) is 3.78. The summed E-state index contributed by atoms with van der Waals surface area (Å²) in [5, 5.41) is 0. The first-order valence-corrected chi connectivity index (χ1v) is 7.50. The summed E-state index contributed by atoms with van der Waals surface area (Å²) in [6.45, 7) is 4.44. The van der Waals surface area contributed by atoms with Crippen LogP contribution in [-0.4, -0.2) is 23.3 Å². The first-order valence-electron chi connectivity index (χ1n) is 6.58. The van der Waals surface area contributed by atoms with Crippen LogP contribution in [0.5, 0.6) is 0 Å². The molecule has 94 valence electrons. The van der Waals surface area contributed by atoms with Crippen molar-refractivity contribution < 1.29 is 0 Å². The van der Waals surface area contributed by atoms with Crippen molar-refractivity contribution in [2.24, 2.45) is 0 Å². The van der Waals surface area contributed by atoms with E-state index in [0.717, 1.165) is 13.1 Å². The number of aryl methyl sites for hydroxylation is 2. The van der Waals surface area contributed by atoms with Crippen molar-refractivity contribution in [1.29, 1.82) is 0 Å². The van der Waals surface area contributed by atoms with Gasteiger partial charge in [0.25, 0.3) is 0 Å². The van der Waals surface area contributed by atoms with Crippen molar-refractivity contribution in [1.82, 2.24) is 4.90 Å². The lowest BCUT2D eigenvalue weighted by molar-refractivity contribution is 0.323. The Morgan fingerprint density at radius 1 is 1.29 bits per heavy atom. The van der Waals surface area contributed by atoms with Crippen molar-refractivity contribution in [3.63, 3.8) is 0 Å². The van der Waals surface area contributed by atoms with Gasteiger partial charge in [-0.1, -0.05) is 41.1 Å². The SMILES string of the molecule is CC(Br)CCN(C)Cc1ccc2c(c1)CCC2. The minimum absolute atomic E-state index is 0.616. The molecule has 2 rings (SSSR count). The molecule has 1 aromatic carbocycles. The van der Waals surface area contributed by atoms with Crippen LogP contribution in [0.15, 0.2) is 18.2 Å². The Morgan fingerprint density at radius 3 is 2.82 bits per heavy atom. The summed E-state index contributed by atoms with van der Waals surface area (Å²) >= 11 is 3.60. The lowest BCUT2D eigenvalue weighted by Gasteiger charge is -2.18. The summed E-state index contributed by atoms with van der Waals surface area (Å²) in [5.41, 5.74) is 4.63. The van der Waals surface area contributed by atoms with E-state index < -0.39 is 0 Å². The zero-order valence-electron chi connectivity index (χ0n) is 10.9. The van der Waals surface area contributed by atoms with Crippen LogP contribution >= 0.6 is 15.9 Å². The Kier molecular flexibility index (Phi) is 4.63. The minimum Gasteiger partial charge on any atom is -0.302 e. The predicted molar refractivity (Wildman–Crippen MR) is 77.8 cm³/mol. The molecular formula is C15H22BrN. The van der Waals surface area contributed by atoms with Gasteiger partial charge in [-0.05, 0) is 56.0 Å². The van der Waals surface area contributed by atoms with E-state index >= 15 is 0 Å². The van der Waals surface area contributed by atoms with Crippen molar-refractivity contribution >= 4 is 15.9 Å². The van der Waals surface area contributed by atoms with Crippen LogP contribution < -0.4 is 0 Å². The lowest BCUT2D eigenvalue weighted by Crippen LogP contribution is -2.20. The molecule has 1 aliphatic rings. The van der Waals surface area contributed by atoms with Crippen LogP contribution in [0, 0.1) is 0 Å². The molecule has 1 nitrogen and oxygen atoms in total. The molecule has 1 aromatic rings. The second-order valence-corrected chi connectivity index (χ2v) is 6.83. The molecule has 0 N–H and O–H groups in total. The van der Waals surface area contributed by atoms with Crippen molar-refractivity contribution in [2.45, 2.75) is 44.0 Å². The van der Waals surface area contributed by atoms with Gasteiger partial charge in [-0.15, -0.1) is 0 Å². The average molecular weight is 296 g/mol. The maximum Gasteiger partial charge on any atom is 0.0230 e. The molecule has 0 saturated carbocycles. The highest BCUT2D eigenvalue weighted by molar-refractivity contribution is 9.09. The fourth-order valence-electron chi connectivity index (χ4n) is 2.51. The van der Waals surface area contributed by atoms with E-state index in [4.69, 9.17) is 0 Å². The highest BCUT2D eigenvalue weighted by Gasteiger charge is 2.11. The third-order valence-corrected chi connectivity index (χ3v) is 3.98. The fraction of sp³-hybridized carbons (Fsp3) is 0.600. The number of nitrogens with zero attached hydrogens (tertiary/aromatic N) is 1. The largest absolute Gasteiger partial charge is 0.302 e. The molecule has 0 amide bonds. The van der Waals surface area contributed by atoms with E-state index in [-0.39, 0.29) is 0 Å². The van der Waals surface area contributed by atoms with E-state index in [9.17, 15) is 0 Å². The molecule has 17 heavy (non-hydrogen) atoms. The van der Waals surface area contributed by atoms with Crippen molar-refractivity contribution in [3.05, 3.63) is 34.9 Å². The molecule has 0 spiro atoms. The molecule has 0 aromatic heterocycles. The standard InChI is InChI=1S/C15H22BrN/c1-12(16)8-9-17(2)11-13-6-7-14-4-3-5-15(14)10-13/h6-7,10,12H,3-5,8-9,11H2,1-2H3. The van der Waals surface area contributed by atoms with Crippen LogP contribution in [0.25, 0.3) is 0 Å². The molecule has 0 aliphatic heterocycles. The molecule has 0 bridgehead atoms. The van der Waals surface area contributed by atoms with Gasteiger partial charge in [0.2, 0.25) is 0 Å². The Bertz CT molecular complexity index is 373. The summed E-state index contributed by atoms with van der Waals surface area (Å²) in [5.74, 6) is 0. The first kappa shape index (κ1) is 13.1. The van der Waals surface area contributed by atoms with Gasteiger partial charge < -0.3 is 4.90 Å². The van der Waals surface area contributed by atoms with Gasteiger partial charge in [-0.25, -0.2) is 0 Å². The highest BCUT2D eigenvalue weighted by Crippen LogP contribution is 2.23. The molecule has 2 heteroatoms. The number of benzene rings is 1. The number of fused-ring (bicyclic) bond motifs is 1. The van der Waals surface area contributed by atoms with Gasteiger partial charge in [0.15, 0.2) is 0 Å². The fourth-order valence-corrected chi connectivity index (χ4v) is 2.72. The van der Waals surface area contributed by atoms with Crippen LogP contribution in [0.4, 0.5) is 0 Å². The Balaban J connectivity index is 1.90. The maximum atomic E-state index is 3.60. The van der Waals surface area contributed by atoms with E-state index in [1.165, 1.54) is 31.2 Å². The molecular weight excluding hydrogens is 274 g/mol. The topological polar surface area (TPSA) is 3.24 Å². The Morgan fingerprint density at radius 2 is 2.06 bits per heavy atom. The average Bonchev–Trinajstić information content (AvgIpc) is 2.73. The smallest absolute Gasteiger partial charge is 0.0230 e. The normalized spacial score (nSPS) is 16.2. The zero-order valence-corrected chi connectivity index (χ0v) is 12.5. The number of rotatable bonds is 5. The zero-order chi connectivity index (χ0) is 12.3. The van der Waals surface area contributed by atoms with Gasteiger partial charge in [0.05, 0.1) is 0 Å². The first-order chi connectivity index (χ1) is 8.15. The summed E-state index contributed by atoms with van der Waals surface area (Å²) < 4.78 is 0. The molecule has 1 unspecified atom stereocenters. The minimum atomic E-state index is 0.616. The Labute approximate surface area is 113 Å². The number of halogens is 1. The summed E-state index contributed by atoms with van der Waals surface area (Å²) in [6.07, 6.45) is 5.12. The Hall–Kier alpha value is -0.340. The molecule has 0 fully saturated rings. The van der Waals surface area contributed by atoms with Gasteiger partial charge in [0.1, 0.15) is 0 Å². The van der Waals surface area contributed by atoms with Gasteiger partial charge >= 0.3 is 0 Å². The monoisotopic (exact) mass is 295 g/mol. The van der Waals surface area contributed by atoms with Crippen LogP contribution in [-0.2, 0) is 19.4 Å². The maximum absolute atomic E-state index is 3.60. The number of hydrogen-bond donors (Lipinski definition) is 0. The second-order valence-electron chi connectivity index (χ2n) is 5.26. The van der Waals surface area contributed by atoms with Gasteiger partial charge in [0, 0.05) is 11.4 Å². The molecule has 0 radical (unpaired) electrons. The summed E-state index contributed by atoms with van der Waals surface area (Å²) in [6, 6.07) is 7.05. The van der Waals surface area contributed by atoms with Crippen molar-refractivity contribution in [3.8, 4) is 0 Å². The highest BCUT2D eigenvalue weighted by atomic mass is 79.9. The summed E-state index contributed by atoms with van der Waals surface area (Å²) in [7, 11) is 2.21. The van der Waals surface area contributed by atoms with Gasteiger partial charge in [-0.3, -0.25) is 0 Å². The summed E-state index contributed by atoms with van der Waals surface area (Å²) in [4.78, 5) is 3.03. The quantitative estimate of drug-likeness (QED) is 0.747. The van der Waals surface area contributed by atoms with Gasteiger partial charge in [-0.2, -0.15) is 0 Å². The van der Waals surface area contributed by atoms with Crippen LogP contribution in [0.2, 0.25) is 0 Å². The third-order valence-electron chi connectivity index (χ3n) is 3.52. The number of hydrogen-bond acceptors (Lipinski definition) is 1. The third kappa shape index (κ3) is 3.82. The van der Waals surface area contributed by atoms with Crippen LogP contribution in [0.3, 0.4) is 0 Å². The second kappa shape index (κ2) is 6.01. The number of alkyl halides is 1. The van der Waals surface area contributed by atoms with E-state index in [2.05, 4.69) is 53.0 Å². The molecule has 0 heterocycles. The van der Waals surface area contributed by atoms with E-state index in [1.807, 2.05) is 0 Å².